The first-order chi connectivity index (χ1) is 12.7. The number of aryl methyl sites for hydroxylation is 1. The van der Waals surface area contributed by atoms with Crippen LogP contribution in [-0.4, -0.2) is 29.8 Å². The van der Waals surface area contributed by atoms with Gasteiger partial charge >= 0.3 is 0 Å². The lowest BCUT2D eigenvalue weighted by Gasteiger charge is -2.31. The van der Waals surface area contributed by atoms with Crippen molar-refractivity contribution in [3.63, 3.8) is 0 Å². The van der Waals surface area contributed by atoms with Crippen molar-refractivity contribution >= 4 is 15.5 Å². The molecule has 1 fully saturated rings. The molecule has 4 nitrogen and oxygen atoms in total. The minimum Gasteiger partial charge on any atom is -0.411 e. The Morgan fingerprint density at radius 1 is 1.19 bits per heavy atom. The van der Waals surface area contributed by atoms with E-state index in [2.05, 4.69) is 17.3 Å². The minimum absolute atomic E-state index is 0.323. The number of sulfone groups is 1. The number of rotatable bonds is 8. The average molecular weight is 394 g/mol. The second-order valence-corrected chi connectivity index (χ2v) is 11.4. The van der Waals surface area contributed by atoms with Crippen molar-refractivity contribution in [1.82, 2.24) is 0 Å². The fraction of sp³-hybridized carbons (Fsp3) is 0.682. The third-order valence-electron chi connectivity index (χ3n) is 6.45. The van der Waals surface area contributed by atoms with Crippen LogP contribution in [0.3, 0.4) is 0 Å². The highest BCUT2D eigenvalue weighted by molar-refractivity contribution is 7.92. The molecule has 2 rings (SSSR count). The molecule has 0 radical (unpaired) electrons. The molecule has 0 amide bonds. The first-order valence-electron chi connectivity index (χ1n) is 10.2. The van der Waals surface area contributed by atoms with Crippen LogP contribution < -0.4 is 0 Å². The third kappa shape index (κ3) is 5.81. The lowest BCUT2D eigenvalue weighted by molar-refractivity contribution is 0.278. The molecule has 1 aromatic carbocycles. The van der Waals surface area contributed by atoms with Gasteiger partial charge in [0, 0.05) is 0 Å². The molecule has 5 heteroatoms. The Kier molecular flexibility index (Phi) is 7.49. The van der Waals surface area contributed by atoms with Crippen molar-refractivity contribution in [2.45, 2.75) is 77.4 Å². The molecular weight excluding hydrogens is 358 g/mol. The molecule has 0 spiro atoms. The zero-order valence-corrected chi connectivity index (χ0v) is 18.1. The van der Waals surface area contributed by atoms with Crippen LogP contribution in [0.1, 0.15) is 77.3 Å². The Morgan fingerprint density at radius 3 is 2.41 bits per heavy atom. The van der Waals surface area contributed by atoms with Crippen LogP contribution in [0, 0.1) is 11.8 Å². The minimum atomic E-state index is -3.03. The van der Waals surface area contributed by atoms with Gasteiger partial charge in [0.05, 0.1) is 16.2 Å². The van der Waals surface area contributed by atoms with E-state index in [1.807, 2.05) is 32.9 Å². The SMILES string of the molecule is CCC(C)(C)S(=O)(=O)CC1CCC(CCc2cccc(/C(C)=N/O)c2)CC1. The van der Waals surface area contributed by atoms with Crippen LogP contribution in [0.15, 0.2) is 29.4 Å². The largest absolute Gasteiger partial charge is 0.411 e. The molecule has 0 bridgehead atoms. The van der Waals surface area contributed by atoms with Crippen molar-refractivity contribution in [3.05, 3.63) is 35.4 Å². The van der Waals surface area contributed by atoms with Gasteiger partial charge in [-0.1, -0.05) is 43.1 Å². The van der Waals surface area contributed by atoms with Crippen LogP contribution in [0.4, 0.5) is 0 Å². The van der Waals surface area contributed by atoms with Gasteiger partial charge in [0.25, 0.3) is 0 Å². The molecule has 152 valence electrons. The van der Waals surface area contributed by atoms with E-state index < -0.39 is 14.6 Å². The molecule has 1 aliphatic rings. The smallest absolute Gasteiger partial charge is 0.155 e. The molecule has 0 unspecified atom stereocenters. The van der Waals surface area contributed by atoms with E-state index in [1.54, 1.807) is 6.92 Å². The Hall–Kier alpha value is -1.36. The standard InChI is InChI=1S/C22H35NO3S/c1-5-22(3,4)27(25,26)16-20-13-10-18(11-14-20)9-12-19-7-6-8-21(15-19)17(2)23-24/h6-8,15,18,20,24H,5,9-14,16H2,1-4H3/b23-17+. The summed E-state index contributed by atoms with van der Waals surface area (Å²) < 4.78 is 24.6. The van der Waals surface area contributed by atoms with E-state index in [0.29, 0.717) is 29.7 Å². The molecule has 1 saturated carbocycles. The van der Waals surface area contributed by atoms with Gasteiger partial charge in [0.15, 0.2) is 9.84 Å². The van der Waals surface area contributed by atoms with Crippen LogP contribution in [0.25, 0.3) is 0 Å². The molecule has 0 aliphatic heterocycles. The van der Waals surface area contributed by atoms with Gasteiger partial charge in [0.1, 0.15) is 0 Å². The second-order valence-electron chi connectivity index (χ2n) is 8.71. The number of nitrogens with zero attached hydrogens (tertiary/aromatic N) is 1. The summed E-state index contributed by atoms with van der Waals surface area (Å²) in [4.78, 5) is 0. The molecule has 0 heterocycles. The van der Waals surface area contributed by atoms with Crippen molar-refractivity contribution < 1.29 is 13.6 Å². The summed E-state index contributed by atoms with van der Waals surface area (Å²) in [5, 5.41) is 12.2. The zero-order chi connectivity index (χ0) is 20.1. The number of benzene rings is 1. The second kappa shape index (κ2) is 9.22. The quantitative estimate of drug-likeness (QED) is 0.374. The fourth-order valence-electron chi connectivity index (χ4n) is 3.82. The van der Waals surface area contributed by atoms with Crippen LogP contribution >= 0.6 is 0 Å². The highest BCUT2D eigenvalue weighted by atomic mass is 32.2. The van der Waals surface area contributed by atoms with Gasteiger partial charge in [0.2, 0.25) is 0 Å². The summed E-state index contributed by atoms with van der Waals surface area (Å²) in [7, 11) is -3.03. The van der Waals surface area contributed by atoms with E-state index in [-0.39, 0.29) is 0 Å². The van der Waals surface area contributed by atoms with E-state index >= 15 is 0 Å². The fourth-order valence-corrected chi connectivity index (χ4v) is 5.67. The number of oxime groups is 1. The van der Waals surface area contributed by atoms with Gasteiger partial charge in [-0.2, -0.15) is 0 Å². The Morgan fingerprint density at radius 2 is 1.81 bits per heavy atom. The maximum atomic E-state index is 12.6. The lowest BCUT2D eigenvalue weighted by atomic mass is 9.80. The monoisotopic (exact) mass is 393 g/mol. The molecule has 1 N–H and O–H groups in total. The highest BCUT2D eigenvalue weighted by Crippen LogP contribution is 2.34. The summed E-state index contributed by atoms with van der Waals surface area (Å²) in [5.74, 6) is 1.35. The number of hydrogen-bond donors (Lipinski definition) is 1. The normalized spacial score (nSPS) is 22.0. The summed E-state index contributed by atoms with van der Waals surface area (Å²) in [6.07, 6.45) is 7.14. The molecule has 0 aromatic heterocycles. The van der Waals surface area contributed by atoms with Gasteiger partial charge < -0.3 is 5.21 Å². The summed E-state index contributed by atoms with van der Waals surface area (Å²) in [6, 6.07) is 8.19. The highest BCUT2D eigenvalue weighted by Gasteiger charge is 2.35. The number of hydrogen-bond acceptors (Lipinski definition) is 4. The lowest BCUT2D eigenvalue weighted by Crippen LogP contribution is -2.36. The van der Waals surface area contributed by atoms with Crippen molar-refractivity contribution in [2.75, 3.05) is 5.75 Å². The van der Waals surface area contributed by atoms with E-state index in [9.17, 15) is 8.42 Å². The summed E-state index contributed by atoms with van der Waals surface area (Å²) in [6.45, 7) is 7.46. The molecule has 1 aromatic rings. The van der Waals surface area contributed by atoms with Crippen molar-refractivity contribution in [2.24, 2.45) is 17.0 Å². The van der Waals surface area contributed by atoms with E-state index in [4.69, 9.17) is 5.21 Å². The summed E-state index contributed by atoms with van der Waals surface area (Å²) >= 11 is 0. The molecule has 0 atom stereocenters. The maximum absolute atomic E-state index is 12.6. The predicted octanol–water partition coefficient (Wildman–Crippen LogP) is 5.23. The first-order valence-corrected chi connectivity index (χ1v) is 11.8. The predicted molar refractivity (Wildman–Crippen MR) is 112 cm³/mol. The van der Waals surface area contributed by atoms with Gasteiger partial charge in [-0.05, 0) is 81.9 Å². The van der Waals surface area contributed by atoms with Crippen LogP contribution in [-0.2, 0) is 16.3 Å². The molecule has 0 saturated heterocycles. The first kappa shape index (κ1) is 21.9. The summed E-state index contributed by atoms with van der Waals surface area (Å²) in [5.41, 5.74) is 2.86. The molecule has 27 heavy (non-hydrogen) atoms. The Balaban J connectivity index is 1.83. The third-order valence-corrected chi connectivity index (χ3v) is 9.33. The van der Waals surface area contributed by atoms with Gasteiger partial charge in [-0.3, -0.25) is 0 Å². The maximum Gasteiger partial charge on any atom is 0.155 e. The average Bonchev–Trinajstić information content (AvgIpc) is 2.66. The van der Waals surface area contributed by atoms with Crippen LogP contribution in [0.5, 0.6) is 0 Å². The Labute approximate surface area is 165 Å². The van der Waals surface area contributed by atoms with Gasteiger partial charge in [-0.15, -0.1) is 0 Å². The molecule has 1 aliphatic carbocycles. The zero-order valence-electron chi connectivity index (χ0n) is 17.2. The van der Waals surface area contributed by atoms with Gasteiger partial charge in [-0.25, -0.2) is 8.42 Å². The topological polar surface area (TPSA) is 66.7 Å². The Bertz CT molecular complexity index is 745. The van der Waals surface area contributed by atoms with Crippen LogP contribution in [0.2, 0.25) is 0 Å². The van der Waals surface area contributed by atoms with Crippen molar-refractivity contribution in [3.8, 4) is 0 Å². The molecular formula is C22H35NO3S. The van der Waals surface area contributed by atoms with Crippen molar-refractivity contribution in [1.29, 1.82) is 0 Å². The van der Waals surface area contributed by atoms with E-state index in [0.717, 1.165) is 44.1 Å². The van der Waals surface area contributed by atoms with E-state index in [1.165, 1.54) is 5.56 Å².